The zero-order valence-electron chi connectivity index (χ0n) is 8.71. The molecule has 0 bridgehead atoms. The van der Waals surface area contributed by atoms with Gasteiger partial charge in [0.15, 0.2) is 0 Å². The second kappa shape index (κ2) is 4.46. The van der Waals surface area contributed by atoms with Crippen molar-refractivity contribution in [3.63, 3.8) is 0 Å². The molecule has 1 rings (SSSR count). The summed E-state index contributed by atoms with van der Waals surface area (Å²) in [7, 11) is 0. The minimum atomic E-state index is -4.80. The van der Waals surface area contributed by atoms with E-state index < -0.39 is 23.5 Å². The largest absolute Gasteiger partial charge is 0.416 e. The van der Waals surface area contributed by atoms with Crippen LogP contribution in [0, 0.1) is 0 Å². The van der Waals surface area contributed by atoms with Crippen LogP contribution >= 0.6 is 0 Å². The van der Waals surface area contributed by atoms with Gasteiger partial charge in [0.05, 0.1) is 11.1 Å². The minimum Gasteiger partial charge on any atom is -0.385 e. The van der Waals surface area contributed by atoms with Gasteiger partial charge in [-0.1, -0.05) is 0 Å². The standard InChI is InChI=1S/C10H9F6N/c1-2-17-8-4-6(9(11,12)13)3-7(5-8)10(14,15)16/h3-5,17H,2H2,1H3. The molecule has 0 saturated carbocycles. The van der Waals surface area contributed by atoms with Crippen LogP contribution in [-0.2, 0) is 12.4 Å². The first-order valence-electron chi connectivity index (χ1n) is 4.68. The molecule has 1 nitrogen and oxygen atoms in total. The molecule has 1 aromatic rings. The zero-order valence-corrected chi connectivity index (χ0v) is 8.71. The van der Waals surface area contributed by atoms with Crippen LogP contribution in [0.2, 0.25) is 0 Å². The Labute approximate surface area is 93.4 Å². The van der Waals surface area contributed by atoms with Crippen molar-refractivity contribution in [2.75, 3.05) is 11.9 Å². The van der Waals surface area contributed by atoms with Gasteiger partial charge in [-0.15, -0.1) is 0 Å². The van der Waals surface area contributed by atoms with Crippen LogP contribution in [0.3, 0.4) is 0 Å². The van der Waals surface area contributed by atoms with Crippen molar-refractivity contribution in [1.29, 1.82) is 0 Å². The van der Waals surface area contributed by atoms with Crippen molar-refractivity contribution in [2.24, 2.45) is 0 Å². The first-order valence-corrected chi connectivity index (χ1v) is 4.68. The summed E-state index contributed by atoms with van der Waals surface area (Å²) in [4.78, 5) is 0. The lowest BCUT2D eigenvalue weighted by atomic mass is 10.1. The molecule has 0 spiro atoms. The molecule has 0 aliphatic heterocycles. The molecule has 0 heterocycles. The number of anilines is 1. The predicted octanol–water partition coefficient (Wildman–Crippen LogP) is 4.16. The fraction of sp³-hybridized carbons (Fsp3) is 0.400. The molecule has 0 aromatic heterocycles. The van der Waals surface area contributed by atoms with Gasteiger partial charge < -0.3 is 5.32 Å². The molecule has 0 fully saturated rings. The normalized spacial score (nSPS) is 12.6. The van der Waals surface area contributed by atoms with Crippen LogP contribution in [0.1, 0.15) is 18.1 Å². The SMILES string of the molecule is CCNc1cc(C(F)(F)F)cc(C(F)(F)F)c1. The number of rotatable bonds is 2. The lowest BCUT2D eigenvalue weighted by Gasteiger charge is -2.14. The van der Waals surface area contributed by atoms with Gasteiger partial charge in [-0.05, 0) is 25.1 Å². The third kappa shape index (κ3) is 3.54. The molecule has 0 unspecified atom stereocenters. The number of nitrogens with one attached hydrogen (secondary N) is 1. The average molecular weight is 257 g/mol. The zero-order chi connectivity index (χ0) is 13.3. The van der Waals surface area contributed by atoms with E-state index in [9.17, 15) is 26.3 Å². The van der Waals surface area contributed by atoms with Crippen LogP contribution in [0.15, 0.2) is 18.2 Å². The van der Waals surface area contributed by atoms with Crippen LogP contribution in [0.5, 0.6) is 0 Å². The Hall–Kier alpha value is -1.40. The average Bonchev–Trinajstić information content (AvgIpc) is 2.15. The summed E-state index contributed by atoms with van der Waals surface area (Å²) in [6, 6.07) is 1.40. The van der Waals surface area contributed by atoms with Crippen molar-refractivity contribution in [3.05, 3.63) is 29.3 Å². The van der Waals surface area contributed by atoms with Crippen molar-refractivity contribution >= 4 is 5.69 Å². The topological polar surface area (TPSA) is 12.0 Å². The van der Waals surface area contributed by atoms with Crippen LogP contribution in [0.4, 0.5) is 32.0 Å². The van der Waals surface area contributed by atoms with Crippen LogP contribution < -0.4 is 5.32 Å². The maximum Gasteiger partial charge on any atom is 0.416 e. The number of halogens is 6. The molecular weight excluding hydrogens is 248 g/mol. The van der Waals surface area contributed by atoms with Gasteiger partial charge in [-0.2, -0.15) is 26.3 Å². The Balaban J connectivity index is 3.29. The van der Waals surface area contributed by atoms with Gasteiger partial charge in [-0.25, -0.2) is 0 Å². The monoisotopic (exact) mass is 257 g/mol. The lowest BCUT2D eigenvalue weighted by Crippen LogP contribution is -2.12. The lowest BCUT2D eigenvalue weighted by molar-refractivity contribution is -0.143. The maximum atomic E-state index is 12.4. The van der Waals surface area contributed by atoms with Crippen molar-refractivity contribution in [3.8, 4) is 0 Å². The third-order valence-corrected chi connectivity index (χ3v) is 1.97. The van der Waals surface area contributed by atoms with Gasteiger partial charge in [-0.3, -0.25) is 0 Å². The third-order valence-electron chi connectivity index (χ3n) is 1.97. The van der Waals surface area contributed by atoms with E-state index in [-0.39, 0.29) is 18.3 Å². The quantitative estimate of drug-likeness (QED) is 0.784. The number of benzene rings is 1. The van der Waals surface area contributed by atoms with Crippen LogP contribution in [-0.4, -0.2) is 6.54 Å². The van der Waals surface area contributed by atoms with Gasteiger partial charge >= 0.3 is 12.4 Å². The number of alkyl halides is 6. The summed E-state index contributed by atoms with van der Waals surface area (Å²) in [5, 5.41) is 2.43. The highest BCUT2D eigenvalue weighted by molar-refractivity contribution is 5.50. The second-order valence-corrected chi connectivity index (χ2v) is 3.32. The molecular formula is C10H9F6N. The molecule has 0 atom stereocenters. The molecule has 96 valence electrons. The van der Waals surface area contributed by atoms with E-state index in [0.717, 1.165) is 0 Å². The van der Waals surface area contributed by atoms with E-state index in [0.29, 0.717) is 12.1 Å². The summed E-state index contributed by atoms with van der Waals surface area (Å²) in [5.41, 5.74) is -2.83. The molecule has 0 radical (unpaired) electrons. The molecule has 0 amide bonds. The Morgan fingerprint density at radius 3 is 1.59 bits per heavy atom. The first-order chi connectivity index (χ1) is 7.64. The highest BCUT2D eigenvalue weighted by atomic mass is 19.4. The van der Waals surface area contributed by atoms with E-state index in [1.165, 1.54) is 0 Å². The van der Waals surface area contributed by atoms with Gasteiger partial charge in [0.2, 0.25) is 0 Å². The van der Waals surface area contributed by atoms with Crippen molar-refractivity contribution < 1.29 is 26.3 Å². The molecule has 1 N–H and O–H groups in total. The molecule has 1 aromatic carbocycles. The van der Waals surface area contributed by atoms with Gasteiger partial charge in [0.25, 0.3) is 0 Å². The first kappa shape index (κ1) is 13.7. The van der Waals surface area contributed by atoms with Gasteiger partial charge in [0, 0.05) is 12.2 Å². The van der Waals surface area contributed by atoms with Crippen molar-refractivity contribution in [1.82, 2.24) is 0 Å². The highest BCUT2D eigenvalue weighted by Gasteiger charge is 2.36. The molecule has 0 aliphatic carbocycles. The van der Waals surface area contributed by atoms with Crippen LogP contribution in [0.25, 0.3) is 0 Å². The summed E-state index contributed by atoms with van der Waals surface area (Å²) < 4.78 is 74.3. The van der Waals surface area contributed by atoms with E-state index in [1.54, 1.807) is 6.92 Å². The Kier molecular flexibility index (Phi) is 3.59. The highest BCUT2D eigenvalue weighted by Crippen LogP contribution is 2.37. The minimum absolute atomic E-state index is 0.0981. The van der Waals surface area contributed by atoms with E-state index in [2.05, 4.69) is 5.32 Å². The number of hydrogen-bond donors (Lipinski definition) is 1. The van der Waals surface area contributed by atoms with Crippen molar-refractivity contribution in [2.45, 2.75) is 19.3 Å². The molecule has 0 aliphatic rings. The smallest absolute Gasteiger partial charge is 0.385 e. The molecule has 0 saturated heterocycles. The number of hydrogen-bond acceptors (Lipinski definition) is 1. The summed E-state index contributed by atoms with van der Waals surface area (Å²) in [6.07, 6.45) is -9.60. The Morgan fingerprint density at radius 1 is 0.882 bits per heavy atom. The second-order valence-electron chi connectivity index (χ2n) is 3.32. The Morgan fingerprint density at radius 2 is 1.29 bits per heavy atom. The summed E-state index contributed by atoms with van der Waals surface area (Å²) in [5.74, 6) is 0. The predicted molar refractivity (Wildman–Crippen MR) is 50.6 cm³/mol. The fourth-order valence-electron chi connectivity index (χ4n) is 1.26. The van der Waals surface area contributed by atoms with E-state index in [4.69, 9.17) is 0 Å². The maximum absolute atomic E-state index is 12.4. The molecule has 17 heavy (non-hydrogen) atoms. The Bertz CT molecular complexity index is 361. The summed E-state index contributed by atoms with van der Waals surface area (Å²) in [6.45, 7) is 1.81. The van der Waals surface area contributed by atoms with Gasteiger partial charge in [0.1, 0.15) is 0 Å². The molecule has 7 heteroatoms. The van der Waals surface area contributed by atoms with E-state index in [1.807, 2.05) is 0 Å². The fourth-order valence-corrected chi connectivity index (χ4v) is 1.26. The summed E-state index contributed by atoms with van der Waals surface area (Å²) >= 11 is 0. The van der Waals surface area contributed by atoms with E-state index >= 15 is 0 Å².